The summed E-state index contributed by atoms with van der Waals surface area (Å²) in [5.74, 6) is 0. The number of nitrogens with two attached hydrogens (primary N) is 1. The standard InChI is InChI=1S/C10H15ClN2O2S.ClH/c1-8(12)5-6-13-16(14,15)10-4-2-3-9(11)7-10;/h2-4,7-8,13H,5-6,12H2,1H3;1H. The molecule has 0 aliphatic carbocycles. The molecule has 1 rings (SSSR count). The molecule has 0 bridgehead atoms. The third kappa shape index (κ3) is 5.70. The zero-order chi connectivity index (χ0) is 12.2. The van der Waals surface area contributed by atoms with Crippen molar-refractivity contribution in [3.8, 4) is 0 Å². The van der Waals surface area contributed by atoms with Gasteiger partial charge in [-0.05, 0) is 31.5 Å². The van der Waals surface area contributed by atoms with Crippen molar-refractivity contribution >= 4 is 34.0 Å². The van der Waals surface area contributed by atoms with Crippen molar-refractivity contribution < 1.29 is 8.42 Å². The van der Waals surface area contributed by atoms with Crippen LogP contribution in [-0.2, 0) is 10.0 Å². The van der Waals surface area contributed by atoms with Crippen LogP contribution < -0.4 is 10.5 Å². The van der Waals surface area contributed by atoms with Crippen LogP contribution in [0.25, 0.3) is 0 Å². The van der Waals surface area contributed by atoms with E-state index in [1.54, 1.807) is 12.1 Å². The lowest BCUT2D eigenvalue weighted by Crippen LogP contribution is -2.29. The molecule has 1 unspecified atom stereocenters. The first-order valence-electron chi connectivity index (χ1n) is 4.92. The quantitative estimate of drug-likeness (QED) is 0.870. The summed E-state index contributed by atoms with van der Waals surface area (Å²) in [5.41, 5.74) is 5.53. The minimum absolute atomic E-state index is 0. The average molecular weight is 299 g/mol. The first-order valence-corrected chi connectivity index (χ1v) is 6.79. The molecule has 0 aromatic heterocycles. The van der Waals surface area contributed by atoms with Crippen molar-refractivity contribution in [2.24, 2.45) is 5.73 Å². The van der Waals surface area contributed by atoms with Gasteiger partial charge in [-0.2, -0.15) is 0 Å². The molecule has 1 atom stereocenters. The van der Waals surface area contributed by atoms with Crippen molar-refractivity contribution in [3.05, 3.63) is 29.3 Å². The number of benzene rings is 1. The van der Waals surface area contributed by atoms with Gasteiger partial charge in [0, 0.05) is 17.6 Å². The highest BCUT2D eigenvalue weighted by Crippen LogP contribution is 2.14. The van der Waals surface area contributed by atoms with Gasteiger partial charge in [-0.25, -0.2) is 13.1 Å². The summed E-state index contributed by atoms with van der Waals surface area (Å²) in [6.45, 7) is 2.15. The second-order valence-corrected chi connectivity index (χ2v) is 5.82. The lowest BCUT2D eigenvalue weighted by Gasteiger charge is -2.08. The van der Waals surface area contributed by atoms with Gasteiger partial charge >= 0.3 is 0 Å². The Morgan fingerprint density at radius 2 is 2.12 bits per heavy atom. The molecule has 17 heavy (non-hydrogen) atoms. The average Bonchev–Trinajstić information content (AvgIpc) is 2.16. The maximum absolute atomic E-state index is 11.8. The van der Waals surface area contributed by atoms with Crippen molar-refractivity contribution in [3.63, 3.8) is 0 Å². The zero-order valence-corrected chi connectivity index (χ0v) is 11.8. The molecule has 0 aliphatic rings. The van der Waals surface area contributed by atoms with Gasteiger partial charge in [0.2, 0.25) is 10.0 Å². The molecule has 0 spiro atoms. The first kappa shape index (κ1) is 16.7. The zero-order valence-electron chi connectivity index (χ0n) is 9.39. The van der Waals surface area contributed by atoms with Crippen molar-refractivity contribution in [1.82, 2.24) is 4.72 Å². The Morgan fingerprint density at radius 3 is 2.65 bits per heavy atom. The molecular weight excluding hydrogens is 283 g/mol. The monoisotopic (exact) mass is 298 g/mol. The molecule has 3 N–H and O–H groups in total. The SMILES string of the molecule is CC(N)CCNS(=O)(=O)c1cccc(Cl)c1.Cl. The van der Waals surface area contributed by atoms with Crippen LogP contribution in [0, 0.1) is 0 Å². The molecule has 7 heteroatoms. The van der Waals surface area contributed by atoms with E-state index in [4.69, 9.17) is 17.3 Å². The summed E-state index contributed by atoms with van der Waals surface area (Å²) in [5, 5.41) is 0.398. The summed E-state index contributed by atoms with van der Waals surface area (Å²) in [6.07, 6.45) is 0.597. The third-order valence-corrected chi connectivity index (χ3v) is 3.69. The van der Waals surface area contributed by atoms with Crippen LogP contribution >= 0.6 is 24.0 Å². The van der Waals surface area contributed by atoms with Crippen LogP contribution in [0.5, 0.6) is 0 Å². The molecule has 0 amide bonds. The molecule has 1 aromatic rings. The molecule has 4 nitrogen and oxygen atoms in total. The fourth-order valence-electron chi connectivity index (χ4n) is 1.14. The Morgan fingerprint density at radius 1 is 1.47 bits per heavy atom. The Labute approximate surface area is 113 Å². The summed E-state index contributed by atoms with van der Waals surface area (Å²) in [6, 6.07) is 6.11. The van der Waals surface area contributed by atoms with Crippen LogP contribution in [-0.4, -0.2) is 21.0 Å². The van der Waals surface area contributed by atoms with E-state index >= 15 is 0 Å². The van der Waals surface area contributed by atoms with Gasteiger partial charge < -0.3 is 5.73 Å². The number of halogens is 2. The van der Waals surface area contributed by atoms with E-state index < -0.39 is 10.0 Å². The van der Waals surface area contributed by atoms with E-state index in [1.807, 2.05) is 6.92 Å². The summed E-state index contributed by atoms with van der Waals surface area (Å²) in [4.78, 5) is 0.171. The molecular formula is C10H16Cl2N2O2S. The molecule has 0 saturated carbocycles. The van der Waals surface area contributed by atoms with Crippen LogP contribution in [0.3, 0.4) is 0 Å². The number of hydrogen-bond acceptors (Lipinski definition) is 3. The Hall–Kier alpha value is -0.330. The van der Waals surface area contributed by atoms with Gasteiger partial charge in [0.25, 0.3) is 0 Å². The normalized spacial score (nSPS) is 12.9. The molecule has 98 valence electrons. The van der Waals surface area contributed by atoms with E-state index in [2.05, 4.69) is 4.72 Å². The number of nitrogens with one attached hydrogen (secondary N) is 1. The maximum atomic E-state index is 11.8. The number of rotatable bonds is 5. The molecule has 0 aliphatic heterocycles. The lowest BCUT2D eigenvalue weighted by molar-refractivity contribution is 0.572. The Bertz CT molecular complexity index is 449. The fraction of sp³-hybridized carbons (Fsp3) is 0.400. The smallest absolute Gasteiger partial charge is 0.240 e. The van der Waals surface area contributed by atoms with E-state index in [1.165, 1.54) is 12.1 Å². The maximum Gasteiger partial charge on any atom is 0.240 e. The predicted octanol–water partition coefficient (Wildman–Crippen LogP) is 1.78. The number of hydrogen-bond donors (Lipinski definition) is 2. The third-order valence-electron chi connectivity index (χ3n) is 2.00. The van der Waals surface area contributed by atoms with Crippen LogP contribution in [0.4, 0.5) is 0 Å². The summed E-state index contributed by atoms with van der Waals surface area (Å²) < 4.78 is 26.0. The number of sulfonamides is 1. The highest BCUT2D eigenvalue weighted by atomic mass is 35.5. The highest BCUT2D eigenvalue weighted by molar-refractivity contribution is 7.89. The lowest BCUT2D eigenvalue weighted by atomic mass is 10.3. The molecule has 0 heterocycles. The van der Waals surface area contributed by atoms with Crippen molar-refractivity contribution in [2.75, 3.05) is 6.54 Å². The van der Waals surface area contributed by atoms with Crippen molar-refractivity contribution in [2.45, 2.75) is 24.3 Å². The largest absolute Gasteiger partial charge is 0.328 e. The minimum Gasteiger partial charge on any atom is -0.328 e. The molecule has 0 saturated heterocycles. The molecule has 0 fully saturated rings. The summed E-state index contributed by atoms with van der Waals surface area (Å²) in [7, 11) is -3.47. The first-order chi connectivity index (χ1) is 7.42. The van der Waals surface area contributed by atoms with Gasteiger partial charge in [0.1, 0.15) is 0 Å². The van der Waals surface area contributed by atoms with Crippen LogP contribution in [0.2, 0.25) is 5.02 Å². The summed E-state index contributed by atoms with van der Waals surface area (Å²) >= 11 is 5.72. The van der Waals surface area contributed by atoms with E-state index in [-0.39, 0.29) is 23.3 Å². The molecule has 0 radical (unpaired) electrons. The Kier molecular flexibility index (Phi) is 7.04. The second-order valence-electron chi connectivity index (χ2n) is 3.62. The van der Waals surface area contributed by atoms with Gasteiger partial charge in [-0.3, -0.25) is 0 Å². The van der Waals surface area contributed by atoms with Gasteiger partial charge in [0.15, 0.2) is 0 Å². The van der Waals surface area contributed by atoms with Crippen LogP contribution in [0.1, 0.15) is 13.3 Å². The van der Waals surface area contributed by atoms with Crippen molar-refractivity contribution in [1.29, 1.82) is 0 Å². The molecule has 1 aromatic carbocycles. The fourth-order valence-corrected chi connectivity index (χ4v) is 2.49. The van der Waals surface area contributed by atoms with Gasteiger partial charge in [0.05, 0.1) is 4.90 Å². The highest BCUT2D eigenvalue weighted by Gasteiger charge is 2.13. The second kappa shape index (κ2) is 7.18. The van der Waals surface area contributed by atoms with Gasteiger partial charge in [-0.1, -0.05) is 17.7 Å². The van der Waals surface area contributed by atoms with Crippen LogP contribution in [0.15, 0.2) is 29.2 Å². The van der Waals surface area contributed by atoms with Gasteiger partial charge in [-0.15, -0.1) is 12.4 Å². The van der Waals surface area contributed by atoms with E-state index in [0.29, 0.717) is 18.0 Å². The minimum atomic E-state index is -3.47. The predicted molar refractivity (Wildman–Crippen MR) is 72.2 cm³/mol. The Balaban J connectivity index is 0.00000256. The topological polar surface area (TPSA) is 72.2 Å². The van der Waals surface area contributed by atoms with E-state index in [0.717, 1.165) is 0 Å². The van der Waals surface area contributed by atoms with E-state index in [9.17, 15) is 8.42 Å².